The fourth-order valence-corrected chi connectivity index (χ4v) is 5.56. The first kappa shape index (κ1) is 16.7. The molecule has 0 spiro atoms. The zero-order chi connectivity index (χ0) is 16.4. The molecule has 2 aromatic rings. The van der Waals surface area contributed by atoms with Crippen molar-refractivity contribution in [2.45, 2.75) is 37.0 Å². The molecule has 0 saturated heterocycles. The van der Waals surface area contributed by atoms with E-state index in [2.05, 4.69) is 25.6 Å². The average molecular weight is 417 g/mol. The van der Waals surface area contributed by atoms with Gasteiger partial charge in [0.15, 0.2) is 5.13 Å². The van der Waals surface area contributed by atoms with Gasteiger partial charge in [0, 0.05) is 4.88 Å². The Labute approximate surface area is 148 Å². The van der Waals surface area contributed by atoms with E-state index in [1.54, 1.807) is 6.07 Å². The number of rotatable bonds is 4. The summed E-state index contributed by atoms with van der Waals surface area (Å²) in [6, 6.07) is 4.67. The number of halogens is 1. The van der Waals surface area contributed by atoms with Gasteiger partial charge < -0.3 is 4.74 Å². The number of ether oxygens (including phenoxy) is 1. The van der Waals surface area contributed by atoms with E-state index in [4.69, 9.17) is 4.74 Å². The molecule has 0 atom stereocenters. The molecule has 1 aromatic carbocycles. The molecule has 0 bridgehead atoms. The normalized spacial score (nSPS) is 14.9. The van der Waals surface area contributed by atoms with Crippen LogP contribution < -0.4 is 9.46 Å². The highest BCUT2D eigenvalue weighted by atomic mass is 79.9. The molecule has 3 rings (SSSR count). The Morgan fingerprint density at radius 2 is 2.04 bits per heavy atom. The van der Waals surface area contributed by atoms with Gasteiger partial charge in [0.2, 0.25) is 0 Å². The molecule has 23 heavy (non-hydrogen) atoms. The highest BCUT2D eigenvalue weighted by molar-refractivity contribution is 9.10. The SMILES string of the molecule is COc1ccc(S(=O)(=O)Nc2nc3c(s2)CCCCC3)cc1Br. The third-order valence-electron chi connectivity index (χ3n) is 3.75. The third kappa shape index (κ3) is 3.70. The number of anilines is 1. The van der Waals surface area contributed by atoms with Crippen molar-refractivity contribution in [3.63, 3.8) is 0 Å². The molecule has 5 nitrogen and oxygen atoms in total. The first-order valence-corrected chi connectivity index (χ1v) is 10.4. The summed E-state index contributed by atoms with van der Waals surface area (Å²) >= 11 is 4.75. The maximum Gasteiger partial charge on any atom is 0.263 e. The van der Waals surface area contributed by atoms with Crippen LogP contribution in [0, 0.1) is 0 Å². The smallest absolute Gasteiger partial charge is 0.263 e. The number of benzene rings is 1. The molecule has 124 valence electrons. The zero-order valence-corrected chi connectivity index (χ0v) is 15.9. The molecule has 1 aliphatic carbocycles. The summed E-state index contributed by atoms with van der Waals surface area (Å²) in [6.45, 7) is 0. The van der Waals surface area contributed by atoms with Crippen LogP contribution >= 0.6 is 27.3 Å². The summed E-state index contributed by atoms with van der Waals surface area (Å²) in [4.78, 5) is 5.85. The molecule has 8 heteroatoms. The molecule has 1 heterocycles. The lowest BCUT2D eigenvalue weighted by Gasteiger charge is -2.08. The second-order valence-corrected chi connectivity index (χ2v) is 8.97. The van der Waals surface area contributed by atoms with Crippen molar-refractivity contribution >= 4 is 42.4 Å². The Balaban J connectivity index is 1.85. The van der Waals surface area contributed by atoms with Gasteiger partial charge in [-0.3, -0.25) is 4.72 Å². The predicted octanol–water partition coefficient (Wildman–Crippen LogP) is 3.98. The lowest BCUT2D eigenvalue weighted by molar-refractivity contribution is 0.411. The fraction of sp³-hybridized carbons (Fsp3) is 0.400. The molecule has 0 amide bonds. The Bertz CT molecular complexity index is 795. The summed E-state index contributed by atoms with van der Waals surface area (Å²) in [5, 5.41) is 0.448. The van der Waals surface area contributed by atoms with Gasteiger partial charge in [-0.05, 0) is 59.8 Å². The van der Waals surface area contributed by atoms with Crippen LogP contribution in [0.3, 0.4) is 0 Å². The van der Waals surface area contributed by atoms with Gasteiger partial charge in [-0.15, -0.1) is 11.3 Å². The molecular formula is C15H17BrN2O3S2. The standard InChI is InChI=1S/C15H17BrN2O3S2/c1-21-13-8-7-10(9-11(13)16)23(19,20)18-15-17-12-5-3-2-4-6-14(12)22-15/h7-9H,2-6H2,1H3,(H,17,18). The number of sulfonamides is 1. The third-order valence-corrected chi connectivity index (χ3v) is 6.91. The van der Waals surface area contributed by atoms with Gasteiger partial charge in [-0.25, -0.2) is 13.4 Å². The lowest BCUT2D eigenvalue weighted by atomic mass is 10.2. The van der Waals surface area contributed by atoms with Crippen LogP contribution in [0.25, 0.3) is 0 Å². The van der Waals surface area contributed by atoms with E-state index in [0.29, 0.717) is 15.4 Å². The number of methoxy groups -OCH3 is 1. The lowest BCUT2D eigenvalue weighted by Crippen LogP contribution is -2.13. The van der Waals surface area contributed by atoms with Gasteiger partial charge in [0.05, 0.1) is 22.2 Å². The molecule has 0 fully saturated rings. The summed E-state index contributed by atoms with van der Waals surface area (Å²) in [6.07, 6.45) is 5.40. The van der Waals surface area contributed by atoms with Gasteiger partial charge in [-0.1, -0.05) is 6.42 Å². The van der Waals surface area contributed by atoms with Crippen LogP contribution in [0.5, 0.6) is 5.75 Å². The average Bonchev–Trinajstić information content (AvgIpc) is 2.74. The van der Waals surface area contributed by atoms with E-state index in [9.17, 15) is 8.42 Å². The van der Waals surface area contributed by atoms with Crippen molar-refractivity contribution in [1.82, 2.24) is 4.98 Å². The maximum absolute atomic E-state index is 12.5. The van der Waals surface area contributed by atoms with E-state index < -0.39 is 10.0 Å². The molecule has 0 saturated carbocycles. The number of hydrogen-bond donors (Lipinski definition) is 1. The summed E-state index contributed by atoms with van der Waals surface area (Å²) in [5.41, 5.74) is 1.04. The summed E-state index contributed by atoms with van der Waals surface area (Å²) in [7, 11) is -2.12. The van der Waals surface area contributed by atoms with Gasteiger partial charge >= 0.3 is 0 Å². The molecule has 1 N–H and O–H groups in total. The summed E-state index contributed by atoms with van der Waals surface area (Å²) < 4.78 is 33.4. The molecule has 0 radical (unpaired) electrons. The van der Waals surface area contributed by atoms with Crippen molar-refractivity contribution in [2.24, 2.45) is 0 Å². The minimum atomic E-state index is -3.66. The molecule has 1 aliphatic rings. The van der Waals surface area contributed by atoms with E-state index >= 15 is 0 Å². The molecular weight excluding hydrogens is 400 g/mol. The number of nitrogens with zero attached hydrogens (tertiary/aromatic N) is 1. The topological polar surface area (TPSA) is 68.3 Å². The minimum Gasteiger partial charge on any atom is -0.496 e. The first-order valence-electron chi connectivity index (χ1n) is 7.34. The van der Waals surface area contributed by atoms with Crippen LogP contribution in [0.15, 0.2) is 27.6 Å². The largest absolute Gasteiger partial charge is 0.496 e. The second kappa shape index (κ2) is 6.78. The molecule has 0 aliphatic heterocycles. The highest BCUT2D eigenvalue weighted by Crippen LogP contribution is 2.32. The number of aryl methyl sites for hydroxylation is 2. The van der Waals surface area contributed by atoms with Gasteiger partial charge in [0.25, 0.3) is 10.0 Å². The molecule has 1 aromatic heterocycles. The Hall–Kier alpha value is -1.12. The quantitative estimate of drug-likeness (QED) is 0.765. The minimum absolute atomic E-state index is 0.176. The second-order valence-electron chi connectivity index (χ2n) is 5.35. The van der Waals surface area contributed by atoms with E-state index in [0.717, 1.165) is 31.4 Å². The van der Waals surface area contributed by atoms with Crippen LogP contribution in [0.4, 0.5) is 5.13 Å². The fourth-order valence-electron chi connectivity index (χ4n) is 2.56. The number of aromatic nitrogens is 1. The van der Waals surface area contributed by atoms with E-state index in [-0.39, 0.29) is 4.90 Å². The van der Waals surface area contributed by atoms with Crippen molar-refractivity contribution in [1.29, 1.82) is 0 Å². The van der Waals surface area contributed by atoms with Crippen LogP contribution in [-0.2, 0) is 22.9 Å². The summed E-state index contributed by atoms with van der Waals surface area (Å²) in [5.74, 6) is 0.588. The Kier molecular flexibility index (Phi) is 4.93. The number of fused-ring (bicyclic) bond motifs is 1. The van der Waals surface area contributed by atoms with Gasteiger partial charge in [-0.2, -0.15) is 0 Å². The first-order chi connectivity index (χ1) is 11.0. The van der Waals surface area contributed by atoms with Crippen molar-refractivity contribution in [3.05, 3.63) is 33.2 Å². The number of hydrogen-bond acceptors (Lipinski definition) is 5. The predicted molar refractivity (Wildman–Crippen MR) is 94.9 cm³/mol. The number of thiazole rings is 1. The van der Waals surface area contributed by atoms with Crippen molar-refractivity contribution < 1.29 is 13.2 Å². The van der Waals surface area contributed by atoms with Crippen LogP contribution in [0.2, 0.25) is 0 Å². The number of nitrogens with one attached hydrogen (secondary N) is 1. The monoisotopic (exact) mass is 416 g/mol. The van der Waals surface area contributed by atoms with E-state index in [1.165, 1.54) is 41.9 Å². The maximum atomic E-state index is 12.5. The van der Waals surface area contributed by atoms with Crippen molar-refractivity contribution in [2.75, 3.05) is 11.8 Å². The van der Waals surface area contributed by atoms with E-state index in [1.807, 2.05) is 0 Å². The molecule has 0 unspecified atom stereocenters. The van der Waals surface area contributed by atoms with Gasteiger partial charge in [0.1, 0.15) is 5.75 Å². The Morgan fingerprint density at radius 3 is 2.78 bits per heavy atom. The Morgan fingerprint density at radius 1 is 1.26 bits per heavy atom. The van der Waals surface area contributed by atoms with Crippen molar-refractivity contribution in [3.8, 4) is 5.75 Å². The zero-order valence-electron chi connectivity index (χ0n) is 12.6. The highest BCUT2D eigenvalue weighted by Gasteiger charge is 2.20. The van der Waals surface area contributed by atoms with Crippen LogP contribution in [-0.4, -0.2) is 20.5 Å². The van der Waals surface area contributed by atoms with Crippen LogP contribution in [0.1, 0.15) is 29.8 Å².